The van der Waals surface area contributed by atoms with E-state index in [9.17, 15) is 8.42 Å². The summed E-state index contributed by atoms with van der Waals surface area (Å²) in [6.45, 7) is 5.77. The van der Waals surface area contributed by atoms with Crippen molar-refractivity contribution < 1.29 is 17.6 Å². The number of benzene rings is 2. The maximum atomic E-state index is 12.1. The Balaban J connectivity index is 2.26. The van der Waals surface area contributed by atoms with E-state index in [0.29, 0.717) is 17.1 Å². The van der Waals surface area contributed by atoms with Crippen molar-refractivity contribution in [3.63, 3.8) is 0 Å². The topological polar surface area (TPSA) is 82.5 Å². The molecule has 27 heavy (non-hydrogen) atoms. The quantitative estimate of drug-likeness (QED) is 0.633. The molecule has 1 aromatic heterocycles. The monoisotopic (exact) mass is 383 g/mol. The van der Waals surface area contributed by atoms with Gasteiger partial charge in [0.25, 0.3) is 0 Å². The van der Waals surface area contributed by atoms with Crippen molar-refractivity contribution in [3.05, 3.63) is 73.0 Å². The van der Waals surface area contributed by atoms with Crippen molar-refractivity contribution in [2.75, 3.05) is 7.11 Å². The second kappa shape index (κ2) is 7.42. The van der Waals surface area contributed by atoms with Crippen LogP contribution in [0.15, 0.2) is 76.6 Å². The van der Waals surface area contributed by atoms with Crippen LogP contribution in [-0.4, -0.2) is 15.5 Å². The number of ether oxygens (including phenoxy) is 1. The van der Waals surface area contributed by atoms with Crippen molar-refractivity contribution in [1.29, 1.82) is 0 Å². The van der Waals surface area contributed by atoms with Gasteiger partial charge in [0, 0.05) is 17.0 Å². The highest BCUT2D eigenvalue weighted by Crippen LogP contribution is 2.40. The summed E-state index contributed by atoms with van der Waals surface area (Å²) in [5.41, 5.74) is 2.08. The highest BCUT2D eigenvalue weighted by molar-refractivity contribution is 7.89. The molecule has 140 valence electrons. The van der Waals surface area contributed by atoms with Gasteiger partial charge >= 0.3 is 0 Å². The SMILES string of the molecule is C=CC(C)c1cc(-c2ccc(OC)cc2)c(-c2ccccc2S(N)(=O)=O)o1. The summed E-state index contributed by atoms with van der Waals surface area (Å²) in [6.07, 6.45) is 1.77. The van der Waals surface area contributed by atoms with Crippen molar-refractivity contribution in [2.45, 2.75) is 17.7 Å². The van der Waals surface area contributed by atoms with Gasteiger partial charge in [-0.1, -0.05) is 37.3 Å². The Hall–Kier alpha value is -2.83. The predicted octanol–water partition coefficient (Wildman–Crippen LogP) is 4.56. The molecule has 0 bridgehead atoms. The molecule has 0 saturated carbocycles. The first-order chi connectivity index (χ1) is 12.8. The third kappa shape index (κ3) is 3.82. The van der Waals surface area contributed by atoms with Gasteiger partial charge in [0.05, 0.1) is 12.0 Å². The zero-order valence-electron chi connectivity index (χ0n) is 15.2. The number of nitrogens with two attached hydrogens (primary N) is 1. The van der Waals surface area contributed by atoms with Gasteiger partial charge in [-0.3, -0.25) is 0 Å². The molecule has 0 saturated heterocycles. The number of sulfonamides is 1. The first-order valence-corrected chi connectivity index (χ1v) is 9.92. The first kappa shape index (κ1) is 18.9. The van der Waals surface area contributed by atoms with Crippen LogP contribution < -0.4 is 9.88 Å². The number of hydrogen-bond donors (Lipinski definition) is 1. The molecule has 0 fully saturated rings. The summed E-state index contributed by atoms with van der Waals surface area (Å²) < 4.78 is 35.4. The Kier molecular flexibility index (Phi) is 5.21. The molecule has 1 atom stereocenters. The predicted molar refractivity (Wildman–Crippen MR) is 106 cm³/mol. The van der Waals surface area contributed by atoms with Gasteiger partial charge in [-0.25, -0.2) is 13.6 Å². The molecule has 6 heteroatoms. The Labute approximate surface area is 159 Å². The molecule has 3 aromatic rings. The number of methoxy groups -OCH3 is 1. The van der Waals surface area contributed by atoms with Crippen LogP contribution in [0.3, 0.4) is 0 Å². The Morgan fingerprint density at radius 1 is 1.11 bits per heavy atom. The maximum absolute atomic E-state index is 12.1. The minimum atomic E-state index is -3.91. The minimum Gasteiger partial charge on any atom is -0.497 e. The summed E-state index contributed by atoms with van der Waals surface area (Å²) in [7, 11) is -2.31. The lowest BCUT2D eigenvalue weighted by molar-refractivity contribution is 0.415. The molecule has 0 spiro atoms. The van der Waals surface area contributed by atoms with Gasteiger partial charge in [-0.15, -0.1) is 6.58 Å². The molecular weight excluding hydrogens is 362 g/mol. The van der Waals surface area contributed by atoms with Crippen molar-refractivity contribution in [1.82, 2.24) is 0 Å². The molecule has 0 aliphatic heterocycles. The van der Waals surface area contributed by atoms with E-state index in [1.54, 1.807) is 31.4 Å². The lowest BCUT2D eigenvalue weighted by Gasteiger charge is -2.08. The molecule has 0 radical (unpaired) electrons. The van der Waals surface area contributed by atoms with Gasteiger partial charge < -0.3 is 9.15 Å². The van der Waals surface area contributed by atoms with Crippen molar-refractivity contribution in [3.8, 4) is 28.2 Å². The highest BCUT2D eigenvalue weighted by atomic mass is 32.2. The molecule has 2 aromatic carbocycles. The van der Waals surface area contributed by atoms with Gasteiger partial charge in [0.2, 0.25) is 10.0 Å². The molecule has 0 amide bonds. The van der Waals surface area contributed by atoms with Crippen LogP contribution in [0.1, 0.15) is 18.6 Å². The van der Waals surface area contributed by atoms with Gasteiger partial charge in [0.15, 0.2) is 0 Å². The van der Waals surface area contributed by atoms with E-state index in [1.807, 2.05) is 37.3 Å². The zero-order valence-corrected chi connectivity index (χ0v) is 16.0. The Morgan fingerprint density at radius 2 is 1.78 bits per heavy atom. The molecule has 1 heterocycles. The van der Waals surface area contributed by atoms with E-state index in [-0.39, 0.29) is 10.8 Å². The lowest BCUT2D eigenvalue weighted by atomic mass is 10.0. The van der Waals surface area contributed by atoms with Crippen LogP contribution in [0.4, 0.5) is 0 Å². The van der Waals surface area contributed by atoms with Crippen LogP contribution in [-0.2, 0) is 10.0 Å². The van der Waals surface area contributed by atoms with Crippen molar-refractivity contribution in [2.24, 2.45) is 5.14 Å². The molecule has 0 aliphatic carbocycles. The van der Waals surface area contributed by atoms with Crippen LogP contribution in [0, 0.1) is 0 Å². The third-order valence-corrected chi connectivity index (χ3v) is 5.36. The number of furan rings is 1. The lowest BCUT2D eigenvalue weighted by Crippen LogP contribution is -2.13. The normalized spacial score (nSPS) is 12.6. The average molecular weight is 383 g/mol. The van der Waals surface area contributed by atoms with Crippen molar-refractivity contribution >= 4 is 10.0 Å². The molecule has 1 unspecified atom stereocenters. The van der Waals surface area contributed by atoms with E-state index < -0.39 is 10.0 Å². The van der Waals surface area contributed by atoms with E-state index in [0.717, 1.165) is 16.9 Å². The minimum absolute atomic E-state index is 0.0203. The average Bonchev–Trinajstić information content (AvgIpc) is 3.12. The molecule has 0 aliphatic rings. The summed E-state index contributed by atoms with van der Waals surface area (Å²) in [6, 6.07) is 15.9. The highest BCUT2D eigenvalue weighted by Gasteiger charge is 2.23. The van der Waals surface area contributed by atoms with E-state index in [4.69, 9.17) is 14.3 Å². The molecular formula is C21H21NO4S. The van der Waals surface area contributed by atoms with Crippen LogP contribution in [0.25, 0.3) is 22.5 Å². The van der Waals surface area contributed by atoms with Gasteiger partial charge in [-0.2, -0.15) is 0 Å². The maximum Gasteiger partial charge on any atom is 0.238 e. The number of hydrogen-bond acceptors (Lipinski definition) is 4. The second-order valence-corrected chi connectivity index (χ2v) is 7.72. The van der Waals surface area contributed by atoms with Gasteiger partial charge in [0.1, 0.15) is 17.3 Å². The van der Waals surface area contributed by atoms with Gasteiger partial charge in [-0.05, 0) is 35.9 Å². The number of rotatable bonds is 6. The third-order valence-electron chi connectivity index (χ3n) is 4.39. The fourth-order valence-corrected chi connectivity index (χ4v) is 3.57. The van der Waals surface area contributed by atoms with Crippen LogP contribution in [0.2, 0.25) is 0 Å². The molecule has 5 nitrogen and oxygen atoms in total. The zero-order chi connectivity index (χ0) is 19.6. The van der Waals surface area contributed by atoms with E-state index in [1.165, 1.54) is 6.07 Å². The fourth-order valence-electron chi connectivity index (χ4n) is 2.84. The summed E-state index contributed by atoms with van der Waals surface area (Å²) >= 11 is 0. The Morgan fingerprint density at radius 3 is 2.37 bits per heavy atom. The largest absolute Gasteiger partial charge is 0.497 e. The van der Waals surface area contributed by atoms with Crippen LogP contribution in [0.5, 0.6) is 5.75 Å². The fraction of sp³-hybridized carbons (Fsp3) is 0.143. The number of allylic oxidation sites excluding steroid dienone is 1. The van der Waals surface area contributed by atoms with E-state index in [2.05, 4.69) is 6.58 Å². The smallest absolute Gasteiger partial charge is 0.238 e. The Bertz CT molecular complexity index is 1070. The molecule has 3 rings (SSSR count). The summed E-state index contributed by atoms with van der Waals surface area (Å²) in [5, 5.41) is 5.41. The summed E-state index contributed by atoms with van der Waals surface area (Å²) in [5.74, 6) is 1.84. The first-order valence-electron chi connectivity index (χ1n) is 8.38. The van der Waals surface area contributed by atoms with Crippen LogP contribution >= 0.6 is 0 Å². The summed E-state index contributed by atoms with van der Waals surface area (Å²) in [4.78, 5) is 0.0203. The standard InChI is InChI=1S/C21H21NO4S/c1-4-14(2)19-13-18(15-9-11-16(25-3)12-10-15)21(26-19)17-7-5-6-8-20(17)27(22,23)24/h4-14H,1H2,2-3H3,(H2,22,23,24). The number of primary sulfonamides is 1. The van der Waals surface area contributed by atoms with E-state index >= 15 is 0 Å². The molecule has 2 N–H and O–H groups in total. The second-order valence-electron chi connectivity index (χ2n) is 6.19.